The number of hydrogen-bond acceptors (Lipinski definition) is 2. The lowest BCUT2D eigenvalue weighted by Gasteiger charge is -2.37. The van der Waals surface area contributed by atoms with Crippen molar-refractivity contribution >= 4 is 0 Å². The minimum absolute atomic E-state index is 0.239. The summed E-state index contributed by atoms with van der Waals surface area (Å²) >= 11 is 0. The molecular formula is C12H23NO. The fourth-order valence-electron chi connectivity index (χ4n) is 3.19. The van der Waals surface area contributed by atoms with Crippen molar-refractivity contribution in [2.75, 3.05) is 6.54 Å². The van der Waals surface area contributed by atoms with Gasteiger partial charge in [0.25, 0.3) is 0 Å². The van der Waals surface area contributed by atoms with Crippen LogP contribution in [0.4, 0.5) is 0 Å². The molecule has 3 atom stereocenters. The molecule has 0 radical (unpaired) electrons. The van der Waals surface area contributed by atoms with Gasteiger partial charge in [-0.3, -0.25) is 0 Å². The molecule has 82 valence electrons. The Morgan fingerprint density at radius 2 is 2.21 bits per heavy atom. The highest BCUT2D eigenvalue weighted by atomic mass is 16.5. The van der Waals surface area contributed by atoms with Gasteiger partial charge in [-0.1, -0.05) is 26.2 Å². The highest BCUT2D eigenvalue weighted by Gasteiger charge is 2.42. The van der Waals surface area contributed by atoms with Gasteiger partial charge in [0.05, 0.1) is 11.7 Å². The average Bonchev–Trinajstić information content (AvgIpc) is 2.61. The number of ether oxygens (including phenoxy) is 1. The Hall–Kier alpha value is -0.0800. The molecule has 2 rings (SSSR count). The predicted molar refractivity (Wildman–Crippen MR) is 58.1 cm³/mol. The summed E-state index contributed by atoms with van der Waals surface area (Å²) in [5.74, 6) is 0.903. The van der Waals surface area contributed by atoms with Crippen LogP contribution in [0.1, 0.15) is 51.9 Å². The Bertz CT molecular complexity index is 195. The zero-order valence-electron chi connectivity index (χ0n) is 9.30. The molecule has 2 N–H and O–H groups in total. The van der Waals surface area contributed by atoms with Gasteiger partial charge in [0.2, 0.25) is 0 Å². The van der Waals surface area contributed by atoms with E-state index in [1.807, 2.05) is 0 Å². The number of hydrogen-bond donors (Lipinski definition) is 1. The van der Waals surface area contributed by atoms with Crippen LogP contribution in [0.25, 0.3) is 0 Å². The van der Waals surface area contributed by atoms with Gasteiger partial charge in [-0.2, -0.15) is 0 Å². The van der Waals surface area contributed by atoms with Gasteiger partial charge in [-0.25, -0.2) is 0 Å². The van der Waals surface area contributed by atoms with Gasteiger partial charge < -0.3 is 10.5 Å². The summed E-state index contributed by atoms with van der Waals surface area (Å²) in [6.07, 6.45) is 9.45. The summed E-state index contributed by atoms with van der Waals surface area (Å²) in [6, 6.07) is 0. The van der Waals surface area contributed by atoms with E-state index in [0.29, 0.717) is 12.6 Å². The van der Waals surface area contributed by atoms with E-state index in [4.69, 9.17) is 10.5 Å². The highest BCUT2D eigenvalue weighted by molar-refractivity contribution is 4.93. The third-order valence-electron chi connectivity index (χ3n) is 4.08. The zero-order chi connectivity index (χ0) is 10.0. The molecule has 1 saturated carbocycles. The molecule has 14 heavy (non-hydrogen) atoms. The standard InChI is InChI=1S/C12H23NO/c1-2-10-4-3-6-12(8-10)7-5-11(9-13)14-12/h10-11H,2-9,13H2,1H3. The summed E-state index contributed by atoms with van der Waals surface area (Å²) in [7, 11) is 0. The Kier molecular flexibility index (Phi) is 3.13. The first-order valence-corrected chi connectivity index (χ1v) is 6.16. The molecule has 1 aliphatic carbocycles. The van der Waals surface area contributed by atoms with Crippen molar-refractivity contribution in [2.24, 2.45) is 11.7 Å². The fourth-order valence-corrected chi connectivity index (χ4v) is 3.19. The summed E-state index contributed by atoms with van der Waals surface area (Å²) in [4.78, 5) is 0. The molecule has 2 aliphatic rings. The van der Waals surface area contributed by atoms with Crippen LogP contribution in [0, 0.1) is 5.92 Å². The normalized spacial score (nSPS) is 43.3. The largest absolute Gasteiger partial charge is 0.370 e. The second-order valence-corrected chi connectivity index (χ2v) is 5.07. The van der Waals surface area contributed by atoms with Gasteiger partial charge >= 0.3 is 0 Å². The van der Waals surface area contributed by atoms with Gasteiger partial charge in [0.1, 0.15) is 0 Å². The van der Waals surface area contributed by atoms with Crippen LogP contribution in [0.5, 0.6) is 0 Å². The molecule has 0 amide bonds. The van der Waals surface area contributed by atoms with Crippen LogP contribution in [0.15, 0.2) is 0 Å². The molecule has 2 heteroatoms. The maximum atomic E-state index is 6.15. The van der Waals surface area contributed by atoms with Crippen molar-refractivity contribution in [3.05, 3.63) is 0 Å². The zero-order valence-corrected chi connectivity index (χ0v) is 9.30. The van der Waals surface area contributed by atoms with Crippen LogP contribution in [0.2, 0.25) is 0 Å². The van der Waals surface area contributed by atoms with E-state index in [2.05, 4.69) is 6.92 Å². The Balaban J connectivity index is 1.95. The first-order chi connectivity index (χ1) is 6.78. The molecule has 0 aromatic rings. The molecule has 0 bridgehead atoms. The van der Waals surface area contributed by atoms with Crippen LogP contribution in [-0.4, -0.2) is 18.2 Å². The van der Waals surface area contributed by atoms with Crippen molar-refractivity contribution in [3.8, 4) is 0 Å². The molecule has 0 aromatic carbocycles. The third-order valence-corrected chi connectivity index (χ3v) is 4.08. The quantitative estimate of drug-likeness (QED) is 0.738. The van der Waals surface area contributed by atoms with Crippen molar-refractivity contribution in [3.63, 3.8) is 0 Å². The van der Waals surface area contributed by atoms with Crippen molar-refractivity contribution in [1.29, 1.82) is 0 Å². The van der Waals surface area contributed by atoms with Gasteiger partial charge in [-0.05, 0) is 31.6 Å². The fraction of sp³-hybridized carbons (Fsp3) is 1.00. The minimum atomic E-state index is 0.239. The van der Waals surface area contributed by atoms with Crippen molar-refractivity contribution < 1.29 is 4.74 Å². The second kappa shape index (κ2) is 4.19. The molecular weight excluding hydrogens is 174 g/mol. The van der Waals surface area contributed by atoms with E-state index >= 15 is 0 Å². The molecule has 2 nitrogen and oxygen atoms in total. The van der Waals surface area contributed by atoms with E-state index in [9.17, 15) is 0 Å². The van der Waals surface area contributed by atoms with Crippen LogP contribution in [0.3, 0.4) is 0 Å². The first-order valence-electron chi connectivity index (χ1n) is 6.16. The summed E-state index contributed by atoms with van der Waals surface area (Å²) in [5.41, 5.74) is 5.90. The molecule has 1 heterocycles. The monoisotopic (exact) mass is 197 g/mol. The minimum Gasteiger partial charge on any atom is -0.370 e. The average molecular weight is 197 g/mol. The van der Waals surface area contributed by atoms with Crippen LogP contribution >= 0.6 is 0 Å². The maximum Gasteiger partial charge on any atom is 0.0705 e. The Morgan fingerprint density at radius 3 is 2.86 bits per heavy atom. The van der Waals surface area contributed by atoms with Crippen molar-refractivity contribution in [2.45, 2.75) is 63.6 Å². The third kappa shape index (κ3) is 1.96. The molecule has 2 fully saturated rings. The van der Waals surface area contributed by atoms with Crippen molar-refractivity contribution in [1.82, 2.24) is 0 Å². The lowest BCUT2D eigenvalue weighted by molar-refractivity contribution is -0.0729. The SMILES string of the molecule is CCC1CCCC2(CCC(CN)O2)C1. The predicted octanol–water partition coefficient (Wildman–Crippen LogP) is 2.46. The van der Waals surface area contributed by atoms with E-state index in [1.165, 1.54) is 44.9 Å². The molecule has 1 spiro atoms. The topological polar surface area (TPSA) is 35.2 Å². The maximum absolute atomic E-state index is 6.15. The van der Waals surface area contributed by atoms with Gasteiger partial charge in [0, 0.05) is 6.54 Å². The summed E-state index contributed by atoms with van der Waals surface area (Å²) in [5, 5.41) is 0. The van der Waals surface area contributed by atoms with E-state index in [-0.39, 0.29) is 5.60 Å². The summed E-state index contributed by atoms with van der Waals surface area (Å²) in [6.45, 7) is 3.01. The summed E-state index contributed by atoms with van der Waals surface area (Å²) < 4.78 is 6.15. The van der Waals surface area contributed by atoms with Crippen LogP contribution < -0.4 is 5.73 Å². The van der Waals surface area contributed by atoms with E-state index in [0.717, 1.165) is 5.92 Å². The van der Waals surface area contributed by atoms with Gasteiger partial charge in [-0.15, -0.1) is 0 Å². The number of rotatable bonds is 2. The lowest BCUT2D eigenvalue weighted by atomic mass is 9.76. The molecule has 1 saturated heterocycles. The van der Waals surface area contributed by atoms with Gasteiger partial charge in [0.15, 0.2) is 0 Å². The molecule has 1 aliphatic heterocycles. The number of nitrogens with two attached hydrogens (primary N) is 1. The first kappa shape index (κ1) is 10.4. The van der Waals surface area contributed by atoms with Crippen LogP contribution in [-0.2, 0) is 4.74 Å². The smallest absolute Gasteiger partial charge is 0.0705 e. The second-order valence-electron chi connectivity index (χ2n) is 5.07. The molecule has 0 aromatic heterocycles. The Labute approximate surface area is 87.2 Å². The Morgan fingerprint density at radius 1 is 1.36 bits per heavy atom. The highest BCUT2D eigenvalue weighted by Crippen LogP contribution is 2.44. The van der Waals surface area contributed by atoms with E-state index in [1.54, 1.807) is 0 Å². The molecule has 3 unspecified atom stereocenters. The van der Waals surface area contributed by atoms with E-state index < -0.39 is 0 Å². The lowest BCUT2D eigenvalue weighted by Crippen LogP contribution is -2.36.